The number of carbonyl (C=O) groups is 1. The van der Waals surface area contributed by atoms with Gasteiger partial charge in [0.25, 0.3) is 0 Å². The number of nitrogens with zero attached hydrogens (tertiary/aromatic N) is 3. The van der Waals surface area contributed by atoms with Crippen LogP contribution in [0.2, 0.25) is 10.0 Å². The van der Waals surface area contributed by atoms with Crippen molar-refractivity contribution in [3.8, 4) is 17.0 Å². The summed E-state index contributed by atoms with van der Waals surface area (Å²) in [6.45, 7) is 6.18. The van der Waals surface area contributed by atoms with Crippen LogP contribution in [0.4, 0.5) is 5.13 Å². The molecule has 226 valence electrons. The Morgan fingerprint density at radius 3 is 2.70 bits per heavy atom. The van der Waals surface area contributed by atoms with Crippen molar-refractivity contribution in [2.45, 2.75) is 57.5 Å². The molecule has 3 atom stereocenters. The predicted octanol–water partition coefficient (Wildman–Crippen LogP) is 7.13. The largest absolute Gasteiger partial charge is 0.489 e. The molecule has 1 aliphatic carbocycles. The highest BCUT2D eigenvalue weighted by Gasteiger charge is 2.46. The normalized spacial score (nSPS) is 21.6. The number of fused-ring (bicyclic) bond motifs is 2. The second kappa shape index (κ2) is 11.6. The highest BCUT2D eigenvalue weighted by molar-refractivity contribution is 7.22. The molecule has 0 N–H and O–H groups in total. The van der Waals surface area contributed by atoms with Gasteiger partial charge >= 0.3 is 5.97 Å². The van der Waals surface area contributed by atoms with Crippen molar-refractivity contribution in [2.24, 2.45) is 5.92 Å². The van der Waals surface area contributed by atoms with Crippen molar-refractivity contribution in [2.75, 3.05) is 31.7 Å². The van der Waals surface area contributed by atoms with Gasteiger partial charge in [0.1, 0.15) is 22.7 Å². The molecule has 4 heterocycles. The number of carbonyl (C=O) groups excluding carboxylic acids is 1. The van der Waals surface area contributed by atoms with Gasteiger partial charge in [-0.2, -0.15) is 0 Å². The molecule has 1 saturated carbocycles. The van der Waals surface area contributed by atoms with Gasteiger partial charge in [0.2, 0.25) is 0 Å². The second-order valence-electron chi connectivity index (χ2n) is 11.5. The lowest BCUT2D eigenvalue weighted by Crippen LogP contribution is -2.28. The summed E-state index contributed by atoms with van der Waals surface area (Å²) in [6.07, 6.45) is 1.98. The molecule has 2 aliphatic heterocycles. The molecule has 0 radical (unpaired) electrons. The minimum Gasteiger partial charge on any atom is -0.489 e. The summed E-state index contributed by atoms with van der Waals surface area (Å²) in [7, 11) is 1.37. The first kappa shape index (κ1) is 28.9. The van der Waals surface area contributed by atoms with Crippen LogP contribution in [0.1, 0.15) is 54.3 Å². The number of esters is 1. The third-order valence-electron chi connectivity index (χ3n) is 8.17. The molecule has 43 heavy (non-hydrogen) atoms. The third-order valence-corrected chi connectivity index (χ3v) is 9.87. The van der Waals surface area contributed by atoms with Crippen LogP contribution in [0.25, 0.3) is 21.5 Å². The summed E-state index contributed by atoms with van der Waals surface area (Å²) in [6, 6.07) is 8.94. The Labute approximate surface area is 262 Å². The molecule has 1 unspecified atom stereocenters. The van der Waals surface area contributed by atoms with Gasteiger partial charge < -0.3 is 28.4 Å². The monoisotopic (exact) mass is 643 g/mol. The summed E-state index contributed by atoms with van der Waals surface area (Å²) in [5.74, 6) is 1.53. The highest BCUT2D eigenvalue weighted by atomic mass is 35.5. The zero-order valence-electron chi connectivity index (χ0n) is 24.0. The summed E-state index contributed by atoms with van der Waals surface area (Å²) in [5.41, 5.74) is 3.38. The molecule has 0 amide bonds. The molecule has 7 rings (SSSR count). The van der Waals surface area contributed by atoms with Gasteiger partial charge in [0.15, 0.2) is 5.13 Å². The first-order valence-electron chi connectivity index (χ1n) is 14.4. The number of hydrogen-bond donors (Lipinski definition) is 0. The molecular weight excluding hydrogens is 613 g/mol. The van der Waals surface area contributed by atoms with E-state index < -0.39 is 5.97 Å². The van der Waals surface area contributed by atoms with Gasteiger partial charge in [0, 0.05) is 36.1 Å². The van der Waals surface area contributed by atoms with Crippen LogP contribution in [0.3, 0.4) is 0 Å². The number of halogens is 2. The van der Waals surface area contributed by atoms with Crippen molar-refractivity contribution >= 4 is 55.9 Å². The summed E-state index contributed by atoms with van der Waals surface area (Å²) < 4.78 is 30.4. The van der Waals surface area contributed by atoms with E-state index in [0.29, 0.717) is 58.3 Å². The van der Waals surface area contributed by atoms with Gasteiger partial charge in [0.05, 0.1) is 58.9 Å². The molecule has 0 bridgehead atoms. The van der Waals surface area contributed by atoms with Crippen LogP contribution in [-0.4, -0.2) is 61.2 Å². The maximum Gasteiger partial charge on any atom is 0.338 e. The lowest BCUT2D eigenvalue weighted by Gasteiger charge is -2.20. The SMILES string of the molecule is COC(=O)c1cc(OC(C)C)c2nc(N3C[C@@H]4OCC(OCc5c(-c6c(Cl)cccc6Cl)noc5C5CC5)[C@@H]4C3)sc2c1. The minimum absolute atomic E-state index is 0.0249. The maximum absolute atomic E-state index is 12.3. The van der Waals surface area contributed by atoms with Crippen molar-refractivity contribution < 1.29 is 28.3 Å². The van der Waals surface area contributed by atoms with Gasteiger partial charge in [-0.05, 0) is 51.0 Å². The van der Waals surface area contributed by atoms with Gasteiger partial charge in [-0.15, -0.1) is 0 Å². The number of thiazole rings is 1. The fourth-order valence-corrected chi connectivity index (χ4v) is 7.56. The molecular formula is C31H31Cl2N3O6S. The van der Waals surface area contributed by atoms with E-state index in [0.717, 1.165) is 46.1 Å². The first-order valence-corrected chi connectivity index (χ1v) is 16.0. The Morgan fingerprint density at radius 1 is 1.19 bits per heavy atom. The number of rotatable bonds is 9. The average Bonchev–Trinajstić information content (AvgIpc) is 3.28. The van der Waals surface area contributed by atoms with Crippen molar-refractivity contribution in [3.05, 3.63) is 57.3 Å². The zero-order valence-corrected chi connectivity index (χ0v) is 26.3. The maximum atomic E-state index is 12.3. The Morgan fingerprint density at radius 2 is 1.98 bits per heavy atom. The van der Waals surface area contributed by atoms with Crippen LogP contribution < -0.4 is 9.64 Å². The lowest BCUT2D eigenvalue weighted by atomic mass is 10.0. The molecule has 2 saturated heterocycles. The third kappa shape index (κ3) is 5.48. The average molecular weight is 645 g/mol. The van der Waals surface area contributed by atoms with E-state index in [1.165, 1.54) is 18.4 Å². The summed E-state index contributed by atoms with van der Waals surface area (Å²) in [5, 5.41) is 6.30. The standard InChI is InChI=1S/C31H31Cl2N3O6S/c1-15(2)41-22-9-17(30(37)38-3)10-25-28(22)34-31(43-25)36-11-18-23(12-36)40-14-24(18)39-13-19-27(35-42-29(19)16-7-8-16)26-20(32)5-4-6-21(26)33/h4-6,9-10,15-16,18,23-24H,7-8,11-14H2,1-3H3/t18-,23+,24?/m1/s1. The number of ether oxygens (including phenoxy) is 4. The van der Waals surface area contributed by atoms with Crippen LogP contribution >= 0.6 is 34.5 Å². The smallest absolute Gasteiger partial charge is 0.338 e. The summed E-state index contributed by atoms with van der Waals surface area (Å²) >= 11 is 14.6. The Balaban J connectivity index is 1.11. The van der Waals surface area contributed by atoms with E-state index in [2.05, 4.69) is 10.1 Å². The molecule has 2 aromatic heterocycles. The summed E-state index contributed by atoms with van der Waals surface area (Å²) in [4.78, 5) is 19.5. The van der Waals surface area contributed by atoms with Crippen molar-refractivity contribution in [1.29, 1.82) is 0 Å². The fourth-order valence-electron chi connectivity index (χ4n) is 5.94. The molecule has 3 fully saturated rings. The van der Waals surface area contributed by atoms with Crippen molar-refractivity contribution in [1.82, 2.24) is 10.1 Å². The Bertz CT molecular complexity index is 1670. The molecule has 12 heteroatoms. The molecule has 2 aromatic carbocycles. The van der Waals surface area contributed by atoms with Crippen LogP contribution in [-0.2, 0) is 20.8 Å². The quantitative estimate of drug-likeness (QED) is 0.176. The Kier molecular flexibility index (Phi) is 7.75. The zero-order chi connectivity index (χ0) is 29.8. The first-order chi connectivity index (χ1) is 20.8. The van der Waals surface area contributed by atoms with E-state index in [1.807, 2.05) is 26.0 Å². The molecule has 3 aliphatic rings. The number of methoxy groups -OCH3 is 1. The fraction of sp³-hybridized carbons (Fsp3) is 0.452. The van der Waals surface area contributed by atoms with E-state index in [9.17, 15) is 4.79 Å². The Hall–Kier alpha value is -2.89. The number of hydrogen-bond acceptors (Lipinski definition) is 10. The number of aromatic nitrogens is 2. The van der Waals surface area contributed by atoms with Crippen LogP contribution in [0, 0.1) is 5.92 Å². The van der Waals surface area contributed by atoms with E-state index in [1.54, 1.807) is 18.2 Å². The van der Waals surface area contributed by atoms with Gasteiger partial charge in [-0.25, -0.2) is 9.78 Å². The van der Waals surface area contributed by atoms with Crippen LogP contribution in [0.5, 0.6) is 5.75 Å². The molecule has 9 nitrogen and oxygen atoms in total. The van der Waals surface area contributed by atoms with E-state index in [-0.39, 0.29) is 24.2 Å². The van der Waals surface area contributed by atoms with Gasteiger partial charge in [-0.1, -0.05) is 45.8 Å². The number of anilines is 1. The predicted molar refractivity (Wildman–Crippen MR) is 165 cm³/mol. The lowest BCUT2D eigenvalue weighted by molar-refractivity contribution is 0.0144. The highest BCUT2D eigenvalue weighted by Crippen LogP contribution is 2.47. The van der Waals surface area contributed by atoms with E-state index in [4.69, 9.17) is 51.7 Å². The minimum atomic E-state index is -0.410. The molecule has 4 aromatic rings. The second-order valence-corrected chi connectivity index (χ2v) is 13.3. The topological polar surface area (TPSA) is 96.2 Å². The van der Waals surface area contributed by atoms with E-state index >= 15 is 0 Å². The number of benzene rings is 2. The van der Waals surface area contributed by atoms with Gasteiger partial charge in [-0.3, -0.25) is 0 Å². The molecule has 0 spiro atoms. The van der Waals surface area contributed by atoms with Crippen LogP contribution in [0.15, 0.2) is 34.9 Å². The van der Waals surface area contributed by atoms with Crippen molar-refractivity contribution in [3.63, 3.8) is 0 Å².